The fraction of sp³-hybridized carbons (Fsp3) is 0.0769. The van der Waals surface area contributed by atoms with Crippen LogP contribution >= 0.6 is 11.6 Å². The van der Waals surface area contributed by atoms with E-state index in [-0.39, 0.29) is 0 Å². The summed E-state index contributed by atoms with van der Waals surface area (Å²) >= 11 is 5.84. The Labute approximate surface area is 110 Å². The summed E-state index contributed by atoms with van der Waals surface area (Å²) in [6.07, 6.45) is 6.35. The summed E-state index contributed by atoms with van der Waals surface area (Å²) in [4.78, 5) is 22.9. The first-order chi connectivity index (χ1) is 8.65. The minimum Gasteiger partial charge on any atom is -0.268 e. The zero-order chi connectivity index (χ0) is 13.4. The zero-order valence-corrected chi connectivity index (χ0v) is 10.6. The lowest BCUT2D eigenvalue weighted by molar-refractivity contribution is -0.117. The van der Waals surface area contributed by atoms with Gasteiger partial charge in [-0.25, -0.2) is 0 Å². The molecule has 0 saturated carbocycles. The molecule has 5 heteroatoms. The number of hydrogen-bond donors (Lipinski definition) is 2. The van der Waals surface area contributed by atoms with Gasteiger partial charge in [0.05, 0.1) is 10.6 Å². The van der Waals surface area contributed by atoms with Crippen molar-refractivity contribution in [3.8, 4) is 0 Å². The van der Waals surface area contributed by atoms with E-state index in [0.717, 1.165) is 0 Å². The molecule has 0 aliphatic heterocycles. The van der Waals surface area contributed by atoms with E-state index in [1.54, 1.807) is 42.5 Å². The number of carbonyl (C=O) groups is 2. The van der Waals surface area contributed by atoms with E-state index < -0.39 is 11.8 Å². The number of hydrazine groups is 1. The van der Waals surface area contributed by atoms with Crippen molar-refractivity contribution >= 4 is 23.4 Å². The highest BCUT2D eigenvalue weighted by Gasteiger charge is 2.09. The van der Waals surface area contributed by atoms with Crippen molar-refractivity contribution < 1.29 is 9.59 Å². The fourth-order valence-corrected chi connectivity index (χ4v) is 1.35. The molecule has 0 aliphatic carbocycles. The molecule has 18 heavy (non-hydrogen) atoms. The molecule has 0 spiro atoms. The Morgan fingerprint density at radius 1 is 1.17 bits per heavy atom. The molecule has 0 aliphatic rings. The highest BCUT2D eigenvalue weighted by atomic mass is 35.5. The van der Waals surface area contributed by atoms with Gasteiger partial charge in [-0.1, -0.05) is 42.0 Å². The van der Waals surface area contributed by atoms with Crippen molar-refractivity contribution in [2.45, 2.75) is 6.92 Å². The predicted octanol–water partition coefficient (Wildman–Crippen LogP) is 2.23. The maximum absolute atomic E-state index is 11.7. The van der Waals surface area contributed by atoms with Crippen LogP contribution in [0.2, 0.25) is 5.02 Å². The molecular weight excluding hydrogens is 252 g/mol. The number of allylic oxidation sites excluding steroid dienone is 3. The van der Waals surface area contributed by atoms with Gasteiger partial charge in [-0.15, -0.1) is 0 Å². The van der Waals surface area contributed by atoms with E-state index in [1.807, 2.05) is 6.92 Å². The average Bonchev–Trinajstić information content (AvgIpc) is 2.37. The molecule has 2 N–H and O–H groups in total. The highest BCUT2D eigenvalue weighted by molar-refractivity contribution is 6.33. The third-order valence-electron chi connectivity index (χ3n) is 1.97. The van der Waals surface area contributed by atoms with Crippen LogP contribution in [0.3, 0.4) is 0 Å². The summed E-state index contributed by atoms with van der Waals surface area (Å²) in [7, 11) is 0. The molecule has 0 fully saturated rings. The van der Waals surface area contributed by atoms with Gasteiger partial charge in [-0.2, -0.15) is 0 Å². The van der Waals surface area contributed by atoms with Gasteiger partial charge in [0, 0.05) is 6.08 Å². The van der Waals surface area contributed by atoms with Crippen molar-refractivity contribution in [1.82, 2.24) is 10.9 Å². The van der Waals surface area contributed by atoms with Crippen LogP contribution in [0, 0.1) is 0 Å². The van der Waals surface area contributed by atoms with Crippen LogP contribution in [0.1, 0.15) is 17.3 Å². The van der Waals surface area contributed by atoms with Gasteiger partial charge >= 0.3 is 0 Å². The van der Waals surface area contributed by atoms with E-state index in [0.29, 0.717) is 10.6 Å². The van der Waals surface area contributed by atoms with Crippen molar-refractivity contribution in [2.75, 3.05) is 0 Å². The molecule has 0 saturated heterocycles. The maximum atomic E-state index is 11.7. The molecule has 94 valence electrons. The van der Waals surface area contributed by atoms with Crippen LogP contribution in [0.15, 0.2) is 48.6 Å². The van der Waals surface area contributed by atoms with Gasteiger partial charge in [0.2, 0.25) is 0 Å². The molecule has 0 bridgehead atoms. The van der Waals surface area contributed by atoms with E-state index >= 15 is 0 Å². The smallest absolute Gasteiger partial charge is 0.268 e. The minimum atomic E-state index is -0.464. The third-order valence-corrected chi connectivity index (χ3v) is 2.30. The summed E-state index contributed by atoms with van der Waals surface area (Å²) in [5.74, 6) is -0.887. The van der Waals surface area contributed by atoms with Crippen LogP contribution in [0.25, 0.3) is 0 Å². The van der Waals surface area contributed by atoms with Crippen molar-refractivity contribution in [3.05, 3.63) is 59.2 Å². The first-order valence-electron chi connectivity index (χ1n) is 5.29. The first-order valence-corrected chi connectivity index (χ1v) is 5.67. The Bertz CT molecular complexity index is 496. The lowest BCUT2D eigenvalue weighted by Crippen LogP contribution is -2.40. The molecule has 0 aromatic heterocycles. The molecule has 0 radical (unpaired) electrons. The van der Waals surface area contributed by atoms with Gasteiger partial charge in [0.1, 0.15) is 0 Å². The number of nitrogens with one attached hydrogen (secondary N) is 2. The number of benzene rings is 1. The van der Waals surface area contributed by atoms with Gasteiger partial charge in [0.25, 0.3) is 11.8 Å². The molecule has 1 rings (SSSR count). The molecular formula is C13H13ClN2O2. The topological polar surface area (TPSA) is 58.2 Å². The predicted molar refractivity (Wildman–Crippen MR) is 71.0 cm³/mol. The second-order valence-corrected chi connectivity index (χ2v) is 3.72. The Kier molecular flexibility index (Phi) is 5.67. The summed E-state index contributed by atoms with van der Waals surface area (Å²) < 4.78 is 0. The van der Waals surface area contributed by atoms with Crippen LogP contribution in [-0.4, -0.2) is 11.8 Å². The number of carbonyl (C=O) groups excluding carboxylic acids is 2. The molecule has 0 atom stereocenters. The lowest BCUT2D eigenvalue weighted by atomic mass is 10.2. The largest absolute Gasteiger partial charge is 0.271 e. The number of hydrogen-bond acceptors (Lipinski definition) is 2. The second kappa shape index (κ2) is 7.29. The standard InChI is InChI=1S/C13H13ClN2O2/c1-2-3-4-9-12(17)15-16-13(18)10-7-5-6-8-11(10)14/h2-9H,1H3,(H,15,17)(H,16,18)/b3-2+,9-4+. The Morgan fingerprint density at radius 3 is 2.56 bits per heavy atom. The van der Waals surface area contributed by atoms with Gasteiger partial charge in [0.15, 0.2) is 0 Å². The minimum absolute atomic E-state index is 0.303. The second-order valence-electron chi connectivity index (χ2n) is 3.31. The van der Waals surface area contributed by atoms with E-state index in [9.17, 15) is 9.59 Å². The first kappa shape index (κ1) is 14.0. The van der Waals surface area contributed by atoms with Gasteiger partial charge in [-0.3, -0.25) is 20.4 Å². The SMILES string of the molecule is C/C=C/C=C/C(=O)NNC(=O)c1ccccc1Cl. The monoisotopic (exact) mass is 264 g/mol. The number of rotatable bonds is 3. The fourth-order valence-electron chi connectivity index (χ4n) is 1.13. The Morgan fingerprint density at radius 2 is 1.89 bits per heavy atom. The Hall–Kier alpha value is -2.07. The molecule has 1 aromatic carbocycles. The summed E-state index contributed by atoms with van der Waals surface area (Å²) in [6.45, 7) is 1.83. The van der Waals surface area contributed by atoms with E-state index in [1.165, 1.54) is 6.08 Å². The van der Waals surface area contributed by atoms with E-state index in [2.05, 4.69) is 10.9 Å². The van der Waals surface area contributed by atoms with Crippen LogP contribution in [-0.2, 0) is 4.79 Å². The zero-order valence-electron chi connectivity index (χ0n) is 9.81. The number of amides is 2. The van der Waals surface area contributed by atoms with Gasteiger partial charge < -0.3 is 0 Å². The van der Waals surface area contributed by atoms with Crippen molar-refractivity contribution in [2.24, 2.45) is 0 Å². The van der Waals surface area contributed by atoms with Crippen LogP contribution in [0.5, 0.6) is 0 Å². The Balaban J connectivity index is 2.52. The van der Waals surface area contributed by atoms with Crippen molar-refractivity contribution in [1.29, 1.82) is 0 Å². The summed E-state index contributed by atoms with van der Waals surface area (Å²) in [5.41, 5.74) is 4.82. The quantitative estimate of drug-likeness (QED) is 0.500. The molecule has 2 amide bonds. The molecule has 0 unspecified atom stereocenters. The average molecular weight is 265 g/mol. The van der Waals surface area contributed by atoms with Crippen molar-refractivity contribution in [3.63, 3.8) is 0 Å². The molecule has 4 nitrogen and oxygen atoms in total. The number of halogens is 1. The molecule has 1 aromatic rings. The molecule has 0 heterocycles. The van der Waals surface area contributed by atoms with Gasteiger partial charge in [-0.05, 0) is 19.1 Å². The van der Waals surface area contributed by atoms with Crippen LogP contribution in [0.4, 0.5) is 0 Å². The highest BCUT2D eigenvalue weighted by Crippen LogP contribution is 2.13. The summed E-state index contributed by atoms with van der Waals surface area (Å²) in [5, 5.41) is 0.328. The van der Waals surface area contributed by atoms with E-state index in [4.69, 9.17) is 11.6 Å². The lowest BCUT2D eigenvalue weighted by Gasteiger charge is -2.06. The third kappa shape index (κ3) is 4.43. The van der Waals surface area contributed by atoms with Crippen LogP contribution < -0.4 is 10.9 Å². The summed E-state index contributed by atoms with van der Waals surface area (Å²) in [6, 6.07) is 6.58. The maximum Gasteiger partial charge on any atom is 0.271 e. The normalized spacial score (nSPS) is 10.8.